The first-order chi connectivity index (χ1) is 29.1. The van der Waals surface area contributed by atoms with Gasteiger partial charge in [0.15, 0.2) is 6.29 Å². The summed E-state index contributed by atoms with van der Waals surface area (Å²) < 4.78 is 59.0. The van der Waals surface area contributed by atoms with E-state index in [1.807, 2.05) is 0 Å². The number of hydrogen-bond acceptors (Lipinski definition) is 11. The summed E-state index contributed by atoms with van der Waals surface area (Å²) in [4.78, 5) is 12.8. The first kappa shape index (κ1) is 55.3. The van der Waals surface area contributed by atoms with E-state index < -0.39 is 59.8 Å². The molecular weight excluding hydrogens is 789 g/mol. The minimum Gasteiger partial charge on any atom is -0.457 e. The Morgan fingerprint density at radius 3 is 1.60 bits per heavy atom. The molecule has 0 spiro atoms. The highest BCUT2D eigenvalue weighted by Crippen LogP contribution is 2.26. The van der Waals surface area contributed by atoms with E-state index in [9.17, 15) is 28.5 Å². The Labute approximate surface area is 362 Å². The van der Waals surface area contributed by atoms with E-state index in [1.165, 1.54) is 0 Å². The summed E-state index contributed by atoms with van der Waals surface area (Å²) in [5, 5.41) is 30.7. The lowest BCUT2D eigenvalue weighted by molar-refractivity contribution is -0.301. The fourth-order valence-electron chi connectivity index (χ4n) is 6.21. The van der Waals surface area contributed by atoms with Crippen LogP contribution in [-0.4, -0.2) is 97.5 Å². The highest BCUT2D eigenvalue weighted by Gasteiger charge is 2.48. The van der Waals surface area contributed by atoms with E-state index >= 15 is 0 Å². The van der Waals surface area contributed by atoms with Gasteiger partial charge in [-0.25, -0.2) is 4.18 Å². The van der Waals surface area contributed by atoms with Crippen LogP contribution >= 0.6 is 0 Å². The molecule has 0 bridgehead atoms. The lowest BCUT2D eigenvalue weighted by Crippen LogP contribution is -2.60. The summed E-state index contributed by atoms with van der Waals surface area (Å²) in [6.07, 6.45) is 40.4. The second-order valence-corrected chi connectivity index (χ2v) is 15.9. The molecule has 12 nitrogen and oxygen atoms in total. The lowest BCUT2D eigenvalue weighted by atomic mass is 9.99. The molecule has 0 aliphatic carbocycles. The number of carbonyl (C=O) groups is 1. The monoisotopic (exact) mass is 867 g/mol. The Morgan fingerprint density at radius 1 is 0.633 bits per heavy atom. The number of allylic oxidation sites excluding steroid dienone is 14. The van der Waals surface area contributed by atoms with Crippen molar-refractivity contribution < 1.29 is 56.2 Å². The molecule has 1 rings (SSSR count). The number of esters is 1. The normalized spacial score (nSPS) is 21.1. The van der Waals surface area contributed by atoms with Gasteiger partial charge >= 0.3 is 16.4 Å². The average molecular weight is 867 g/mol. The number of carbonyl (C=O) groups excluding carboxylic acids is 1. The van der Waals surface area contributed by atoms with Crippen molar-refractivity contribution in [3.8, 4) is 0 Å². The van der Waals surface area contributed by atoms with E-state index in [0.717, 1.165) is 116 Å². The van der Waals surface area contributed by atoms with Gasteiger partial charge in [0.05, 0.1) is 19.8 Å². The summed E-state index contributed by atoms with van der Waals surface area (Å²) in [6, 6.07) is 0. The van der Waals surface area contributed by atoms with Crippen LogP contribution in [0.25, 0.3) is 0 Å². The fourth-order valence-corrected chi connectivity index (χ4v) is 6.71. The zero-order valence-electron chi connectivity index (χ0n) is 36.5. The summed E-state index contributed by atoms with van der Waals surface area (Å²) in [5.74, 6) is -0.428. The van der Waals surface area contributed by atoms with Crippen LogP contribution < -0.4 is 0 Å². The zero-order chi connectivity index (χ0) is 43.9. The first-order valence-electron chi connectivity index (χ1n) is 22.3. The van der Waals surface area contributed by atoms with Crippen LogP contribution in [0.15, 0.2) is 85.1 Å². The van der Waals surface area contributed by atoms with E-state index in [2.05, 4.69) is 103 Å². The van der Waals surface area contributed by atoms with Crippen LogP contribution in [0.3, 0.4) is 0 Å². The van der Waals surface area contributed by atoms with E-state index in [4.69, 9.17) is 23.5 Å². The van der Waals surface area contributed by atoms with Crippen molar-refractivity contribution in [1.29, 1.82) is 0 Å². The Morgan fingerprint density at radius 2 is 1.10 bits per heavy atom. The van der Waals surface area contributed by atoms with Crippen molar-refractivity contribution >= 4 is 16.4 Å². The maximum absolute atomic E-state index is 12.8. The Hall–Kier alpha value is -2.72. The Bertz CT molecular complexity index is 1370. The van der Waals surface area contributed by atoms with Gasteiger partial charge in [0.2, 0.25) is 0 Å². The van der Waals surface area contributed by atoms with Crippen molar-refractivity contribution in [3.63, 3.8) is 0 Å². The SMILES string of the molecule is CC/C=C\C/C=C\C/C=C\C/C=C\CCCCCCCOCC(COC1OC(CO)C(O)C(OS(=O)(=O)O)C1O)OC(=O)CCCCCCC/C=C\C/C=C\C/C=C\CC. The van der Waals surface area contributed by atoms with Gasteiger partial charge in [-0.3, -0.25) is 9.35 Å². The maximum atomic E-state index is 12.8. The summed E-state index contributed by atoms with van der Waals surface area (Å²) in [7, 11) is -5.07. The topological polar surface area (TPSA) is 178 Å². The number of ether oxygens (including phenoxy) is 4. The molecule has 0 aromatic rings. The van der Waals surface area contributed by atoms with Crippen LogP contribution in [0.4, 0.5) is 0 Å². The molecule has 344 valence electrons. The van der Waals surface area contributed by atoms with Crippen LogP contribution in [0.2, 0.25) is 0 Å². The minimum atomic E-state index is -5.07. The number of hydrogen-bond donors (Lipinski definition) is 4. The fraction of sp³-hybridized carbons (Fsp3) is 0.681. The number of aliphatic hydroxyl groups is 3. The molecule has 0 radical (unpaired) electrons. The minimum absolute atomic E-state index is 0.0105. The number of rotatable bonds is 37. The highest BCUT2D eigenvalue weighted by molar-refractivity contribution is 7.80. The van der Waals surface area contributed by atoms with Crippen LogP contribution in [0.1, 0.15) is 142 Å². The molecule has 0 saturated carbocycles. The summed E-state index contributed by atoms with van der Waals surface area (Å²) in [6.45, 7) is 3.67. The third-order valence-electron chi connectivity index (χ3n) is 9.51. The van der Waals surface area contributed by atoms with Gasteiger partial charge in [-0.15, -0.1) is 0 Å². The van der Waals surface area contributed by atoms with Crippen molar-refractivity contribution in [2.24, 2.45) is 0 Å². The van der Waals surface area contributed by atoms with Gasteiger partial charge < -0.3 is 34.3 Å². The molecule has 1 aliphatic rings. The molecule has 0 amide bonds. The maximum Gasteiger partial charge on any atom is 0.397 e. The Balaban J connectivity index is 2.47. The van der Waals surface area contributed by atoms with Crippen molar-refractivity contribution in [2.75, 3.05) is 26.4 Å². The van der Waals surface area contributed by atoms with E-state index in [1.54, 1.807) is 0 Å². The lowest BCUT2D eigenvalue weighted by Gasteiger charge is -2.41. The molecule has 1 saturated heterocycles. The van der Waals surface area contributed by atoms with Crippen LogP contribution in [0.5, 0.6) is 0 Å². The summed E-state index contributed by atoms with van der Waals surface area (Å²) >= 11 is 0. The third-order valence-corrected chi connectivity index (χ3v) is 9.98. The number of aliphatic hydroxyl groups excluding tert-OH is 3. The van der Waals surface area contributed by atoms with Gasteiger partial charge in [-0.1, -0.05) is 137 Å². The predicted molar refractivity (Wildman–Crippen MR) is 239 cm³/mol. The number of unbranched alkanes of at least 4 members (excludes halogenated alkanes) is 10. The zero-order valence-corrected chi connectivity index (χ0v) is 37.3. The first-order valence-corrected chi connectivity index (χ1v) is 23.7. The molecule has 0 aromatic carbocycles. The standard InChI is InChI=1S/C47H78O12S/c1-3-5-7-9-11-13-15-17-19-20-21-23-25-27-29-31-33-35-37-55-39-41(40-56-47-45(51)46(59-60(52,53)54)44(50)42(38-48)58-47)57-43(49)36-34-32-30-28-26-24-22-18-16-14-12-10-8-6-4-2/h5-8,11-14,17-19,21-23,41-42,44-48,50-51H,3-4,9-10,15-16,20,24-40H2,1-2H3,(H,52,53,54)/b7-5-,8-6-,13-11-,14-12-,19-17-,22-18-,23-21-. The van der Waals surface area contributed by atoms with Crippen molar-refractivity contribution in [2.45, 2.75) is 179 Å². The van der Waals surface area contributed by atoms with Gasteiger partial charge in [0.1, 0.15) is 30.5 Å². The smallest absolute Gasteiger partial charge is 0.397 e. The average Bonchev–Trinajstić information content (AvgIpc) is 3.22. The molecule has 60 heavy (non-hydrogen) atoms. The van der Waals surface area contributed by atoms with Crippen molar-refractivity contribution in [3.05, 3.63) is 85.1 Å². The second kappa shape index (κ2) is 38.0. The molecule has 4 N–H and O–H groups in total. The summed E-state index contributed by atoms with van der Waals surface area (Å²) in [5.41, 5.74) is 0. The molecule has 1 fully saturated rings. The highest BCUT2D eigenvalue weighted by atomic mass is 32.3. The molecule has 6 unspecified atom stereocenters. The third kappa shape index (κ3) is 31.2. The van der Waals surface area contributed by atoms with Gasteiger partial charge in [-0.05, 0) is 83.5 Å². The quantitative estimate of drug-likeness (QED) is 0.0202. The van der Waals surface area contributed by atoms with E-state index in [-0.39, 0.29) is 19.6 Å². The molecule has 1 heterocycles. The second-order valence-electron chi connectivity index (χ2n) is 14.9. The Kier molecular flexibility index (Phi) is 35.0. The van der Waals surface area contributed by atoms with Crippen LogP contribution in [-0.2, 0) is 38.3 Å². The predicted octanol–water partition coefficient (Wildman–Crippen LogP) is 9.29. The molecule has 1 aliphatic heterocycles. The van der Waals surface area contributed by atoms with Gasteiger partial charge in [0.25, 0.3) is 0 Å². The molecule has 13 heteroatoms. The van der Waals surface area contributed by atoms with Crippen molar-refractivity contribution in [1.82, 2.24) is 0 Å². The molecular formula is C47H78O12S. The van der Waals surface area contributed by atoms with E-state index in [0.29, 0.717) is 13.0 Å². The van der Waals surface area contributed by atoms with Crippen LogP contribution in [0, 0.1) is 0 Å². The molecule has 6 atom stereocenters. The van der Waals surface area contributed by atoms with Gasteiger partial charge in [0, 0.05) is 13.0 Å². The molecule has 0 aromatic heterocycles. The largest absolute Gasteiger partial charge is 0.457 e. The van der Waals surface area contributed by atoms with Gasteiger partial charge in [-0.2, -0.15) is 8.42 Å².